The molecule has 4 heteroatoms. The molecule has 14 rings (SSSR count). The highest BCUT2D eigenvalue weighted by molar-refractivity contribution is 7.00. The number of para-hydroxylation sites is 4. The molecule has 0 amide bonds. The van der Waals surface area contributed by atoms with Crippen LogP contribution in [0.15, 0.2) is 182 Å². The number of rotatable bonds is 2. The van der Waals surface area contributed by atoms with E-state index in [2.05, 4.69) is 294 Å². The average Bonchev–Trinajstić information content (AvgIpc) is 2.19. The van der Waals surface area contributed by atoms with Crippen molar-refractivity contribution in [2.24, 2.45) is 0 Å². The molecule has 4 heterocycles. The Kier molecular flexibility index (Phi) is 10.0. The SMILES string of the molecule is CC(C)(C)c1ccc(N2c3cc(N4c5ccccc5C(C)(C)c5ccccc54)ccc3B3c4cccc5c4N(c4ccccc4C54c5ccc(C(C)(C)C)cc5-c5cc(C(C)(C)C)ccc54)c4cc(C(C)(C)C)cc2c43)cc1. The van der Waals surface area contributed by atoms with Gasteiger partial charge in [-0.15, -0.1) is 0 Å². The Bertz CT molecular complexity index is 3900. The zero-order chi connectivity index (χ0) is 54.4. The molecule has 0 aromatic heterocycles. The van der Waals surface area contributed by atoms with Gasteiger partial charge in [-0.1, -0.05) is 224 Å². The number of hydrogen-bond donors (Lipinski definition) is 0. The maximum absolute atomic E-state index is 2.70. The third-order valence-electron chi connectivity index (χ3n) is 18.6. The fraction of sp³-hybridized carbons (Fsp3) is 0.270. The maximum Gasteiger partial charge on any atom is 0.252 e. The Morgan fingerprint density at radius 2 is 0.769 bits per heavy atom. The molecule has 0 fully saturated rings. The van der Waals surface area contributed by atoms with Crippen molar-refractivity contribution in [1.29, 1.82) is 0 Å². The van der Waals surface area contributed by atoms with Crippen LogP contribution in [-0.2, 0) is 32.5 Å². The van der Waals surface area contributed by atoms with Crippen LogP contribution in [0.4, 0.5) is 51.2 Å². The summed E-state index contributed by atoms with van der Waals surface area (Å²) in [7, 11) is 0. The summed E-state index contributed by atoms with van der Waals surface area (Å²) in [5.74, 6) is 0. The largest absolute Gasteiger partial charge is 0.311 e. The third kappa shape index (κ3) is 6.65. The van der Waals surface area contributed by atoms with Gasteiger partial charge in [-0.05, 0) is 159 Å². The number of hydrogen-bond acceptors (Lipinski definition) is 3. The molecule has 5 aliphatic rings. The maximum atomic E-state index is 2.70. The first-order chi connectivity index (χ1) is 37.0. The van der Waals surface area contributed by atoms with Gasteiger partial charge in [0.25, 0.3) is 6.71 Å². The summed E-state index contributed by atoms with van der Waals surface area (Å²) in [6.45, 7) is 32.9. The van der Waals surface area contributed by atoms with Crippen LogP contribution >= 0.6 is 0 Å². The fourth-order valence-corrected chi connectivity index (χ4v) is 14.5. The molecule has 4 aliphatic heterocycles. The summed E-state index contributed by atoms with van der Waals surface area (Å²) in [5, 5.41) is 0. The molecule has 9 aromatic rings. The second-order valence-electron chi connectivity index (χ2n) is 27.8. The lowest BCUT2D eigenvalue weighted by atomic mass is 9.33. The molecule has 0 unspecified atom stereocenters. The molecule has 1 spiro atoms. The van der Waals surface area contributed by atoms with Gasteiger partial charge in [-0.25, -0.2) is 0 Å². The van der Waals surface area contributed by atoms with Gasteiger partial charge in [0.2, 0.25) is 0 Å². The lowest BCUT2D eigenvalue weighted by molar-refractivity contribution is 0.589. The minimum atomic E-state index is -0.567. The van der Waals surface area contributed by atoms with E-state index in [0.717, 1.165) is 11.4 Å². The monoisotopic (exact) mass is 1010 g/mol. The minimum Gasteiger partial charge on any atom is -0.311 e. The second kappa shape index (κ2) is 16.0. The molecule has 78 heavy (non-hydrogen) atoms. The van der Waals surface area contributed by atoms with Gasteiger partial charge in [-0.3, -0.25) is 0 Å². The first kappa shape index (κ1) is 48.8. The second-order valence-corrected chi connectivity index (χ2v) is 27.8. The summed E-state index contributed by atoms with van der Waals surface area (Å²) in [6.07, 6.45) is 0. The van der Waals surface area contributed by atoms with Crippen LogP contribution in [0.25, 0.3) is 11.1 Å². The highest BCUT2D eigenvalue weighted by Crippen LogP contribution is 2.65. The Morgan fingerprint density at radius 1 is 0.321 bits per heavy atom. The smallest absolute Gasteiger partial charge is 0.252 e. The van der Waals surface area contributed by atoms with Crippen molar-refractivity contribution in [2.45, 2.75) is 129 Å². The third-order valence-corrected chi connectivity index (χ3v) is 18.6. The standard InChI is InChI=1S/C74H72BN3/c1-69(2,3)45-30-34-49(35-31-45)76-64-44-50(77-61-27-18-15-22-55(61)73(13,14)56-23-16-19-28-62(56)77)36-39-59(64)75-60-26-21-25-58-68(60)78(66-43-48(72(10,11)12)42-65(76)67(66)75)63-29-20-17-24-57(63)74(58)53-37-32-46(70(4,5)6)40-51(53)52-41-47(71(7,8)9)33-38-54(52)74/h15-44H,1-14H3. The molecular formula is C74H72BN3. The van der Waals surface area contributed by atoms with E-state index in [1.165, 1.54) is 123 Å². The minimum absolute atomic E-state index is 0.00920. The zero-order valence-electron chi connectivity index (χ0n) is 48.2. The van der Waals surface area contributed by atoms with Crippen molar-refractivity contribution < 1.29 is 0 Å². The lowest BCUT2D eigenvalue weighted by Crippen LogP contribution is -2.62. The number of benzene rings is 9. The van der Waals surface area contributed by atoms with E-state index >= 15 is 0 Å². The average molecular weight is 1010 g/mol. The van der Waals surface area contributed by atoms with E-state index in [0.29, 0.717) is 0 Å². The molecule has 0 bridgehead atoms. The van der Waals surface area contributed by atoms with Crippen LogP contribution in [0, 0.1) is 0 Å². The summed E-state index contributed by atoms with van der Waals surface area (Å²) >= 11 is 0. The van der Waals surface area contributed by atoms with E-state index in [9.17, 15) is 0 Å². The molecule has 0 N–H and O–H groups in total. The molecule has 0 radical (unpaired) electrons. The van der Waals surface area contributed by atoms with Gasteiger partial charge in [0.1, 0.15) is 0 Å². The Balaban J connectivity index is 1.09. The highest BCUT2D eigenvalue weighted by Gasteiger charge is 2.56. The molecule has 0 atom stereocenters. The summed E-state index contributed by atoms with van der Waals surface area (Å²) in [5.41, 5.74) is 30.3. The van der Waals surface area contributed by atoms with Gasteiger partial charge < -0.3 is 14.7 Å². The predicted octanol–water partition coefficient (Wildman–Crippen LogP) is 17.7. The van der Waals surface area contributed by atoms with Crippen molar-refractivity contribution in [2.75, 3.05) is 14.7 Å². The van der Waals surface area contributed by atoms with Crippen LogP contribution in [0.2, 0.25) is 0 Å². The van der Waals surface area contributed by atoms with E-state index < -0.39 is 5.41 Å². The molecule has 0 saturated carbocycles. The van der Waals surface area contributed by atoms with Gasteiger partial charge in [0, 0.05) is 39.5 Å². The highest BCUT2D eigenvalue weighted by atomic mass is 15.2. The van der Waals surface area contributed by atoms with Crippen molar-refractivity contribution in [1.82, 2.24) is 0 Å². The number of nitrogens with zero attached hydrogens (tertiary/aromatic N) is 3. The molecule has 0 saturated heterocycles. The summed E-state index contributed by atoms with van der Waals surface area (Å²) in [4.78, 5) is 7.85. The molecule has 9 aromatic carbocycles. The van der Waals surface area contributed by atoms with Crippen LogP contribution in [0.1, 0.15) is 153 Å². The van der Waals surface area contributed by atoms with Crippen molar-refractivity contribution in [3.8, 4) is 11.1 Å². The lowest BCUT2D eigenvalue weighted by Gasteiger charge is -2.51. The fourth-order valence-electron chi connectivity index (χ4n) is 14.5. The van der Waals surface area contributed by atoms with Crippen molar-refractivity contribution in [3.63, 3.8) is 0 Å². The van der Waals surface area contributed by atoms with E-state index in [4.69, 9.17) is 0 Å². The predicted molar refractivity (Wildman–Crippen MR) is 333 cm³/mol. The van der Waals surface area contributed by atoms with Crippen molar-refractivity contribution >= 4 is 74.3 Å². The molecular weight excluding hydrogens is 942 g/mol. The van der Waals surface area contributed by atoms with Crippen LogP contribution in [0.5, 0.6) is 0 Å². The molecule has 1 aliphatic carbocycles. The van der Waals surface area contributed by atoms with E-state index in [1.54, 1.807) is 0 Å². The Labute approximate surface area is 464 Å². The van der Waals surface area contributed by atoms with Gasteiger partial charge in [-0.2, -0.15) is 0 Å². The topological polar surface area (TPSA) is 9.72 Å². The van der Waals surface area contributed by atoms with Crippen LogP contribution in [-0.4, -0.2) is 6.71 Å². The van der Waals surface area contributed by atoms with Gasteiger partial charge >= 0.3 is 0 Å². The van der Waals surface area contributed by atoms with E-state index in [1.807, 2.05) is 0 Å². The summed E-state index contributed by atoms with van der Waals surface area (Å²) in [6, 6.07) is 71.8. The van der Waals surface area contributed by atoms with Gasteiger partial charge in [0.05, 0.1) is 22.5 Å². The first-order valence-corrected chi connectivity index (χ1v) is 28.5. The first-order valence-electron chi connectivity index (χ1n) is 28.5. The van der Waals surface area contributed by atoms with Crippen LogP contribution < -0.4 is 31.1 Å². The number of anilines is 9. The number of fused-ring (bicyclic) bond motifs is 15. The van der Waals surface area contributed by atoms with Gasteiger partial charge in [0.15, 0.2) is 0 Å². The van der Waals surface area contributed by atoms with Crippen molar-refractivity contribution in [3.05, 3.63) is 238 Å². The Morgan fingerprint density at radius 3 is 1.31 bits per heavy atom. The Hall–Kier alpha value is -7.56. The summed E-state index contributed by atoms with van der Waals surface area (Å²) < 4.78 is 0. The van der Waals surface area contributed by atoms with E-state index in [-0.39, 0.29) is 33.8 Å². The van der Waals surface area contributed by atoms with Crippen LogP contribution in [0.3, 0.4) is 0 Å². The molecule has 386 valence electrons. The molecule has 3 nitrogen and oxygen atoms in total. The quantitative estimate of drug-likeness (QED) is 0.160. The normalized spacial score (nSPS) is 15.9. The zero-order valence-corrected chi connectivity index (χ0v) is 48.2.